The minimum Gasteiger partial charge on any atom is -0.388 e. The third-order valence-electron chi connectivity index (χ3n) is 3.83. The quantitative estimate of drug-likeness (QED) is 0.892. The van der Waals surface area contributed by atoms with Crippen LogP contribution < -0.4 is 0 Å². The van der Waals surface area contributed by atoms with Crippen molar-refractivity contribution < 1.29 is 9.84 Å². The SMILES string of the molecule is OCc1nc2ccccc2n1CCCN1CCOCC1. The van der Waals surface area contributed by atoms with Gasteiger partial charge in [-0.1, -0.05) is 12.1 Å². The molecule has 1 aromatic heterocycles. The highest BCUT2D eigenvalue weighted by Gasteiger charge is 2.12. The Morgan fingerprint density at radius 1 is 1.15 bits per heavy atom. The van der Waals surface area contributed by atoms with E-state index in [1.165, 1.54) is 0 Å². The first-order chi connectivity index (χ1) is 9.88. The Morgan fingerprint density at radius 3 is 2.75 bits per heavy atom. The van der Waals surface area contributed by atoms with E-state index >= 15 is 0 Å². The van der Waals surface area contributed by atoms with Gasteiger partial charge in [0.25, 0.3) is 0 Å². The average molecular weight is 275 g/mol. The van der Waals surface area contributed by atoms with Crippen molar-refractivity contribution in [2.24, 2.45) is 0 Å². The number of hydrogen-bond donors (Lipinski definition) is 1. The van der Waals surface area contributed by atoms with Crippen LogP contribution in [0.5, 0.6) is 0 Å². The van der Waals surface area contributed by atoms with Crippen molar-refractivity contribution in [1.29, 1.82) is 0 Å². The molecule has 1 fully saturated rings. The number of rotatable bonds is 5. The largest absolute Gasteiger partial charge is 0.388 e. The Morgan fingerprint density at radius 2 is 1.95 bits per heavy atom. The number of ether oxygens (including phenoxy) is 1. The van der Waals surface area contributed by atoms with Gasteiger partial charge in [-0.3, -0.25) is 4.90 Å². The zero-order chi connectivity index (χ0) is 13.8. The molecule has 5 nitrogen and oxygen atoms in total. The van der Waals surface area contributed by atoms with Gasteiger partial charge in [0.15, 0.2) is 0 Å². The van der Waals surface area contributed by atoms with E-state index in [0.717, 1.165) is 62.7 Å². The van der Waals surface area contributed by atoms with Gasteiger partial charge in [0.1, 0.15) is 12.4 Å². The zero-order valence-corrected chi connectivity index (χ0v) is 11.7. The summed E-state index contributed by atoms with van der Waals surface area (Å²) in [5.74, 6) is 0.758. The van der Waals surface area contributed by atoms with Gasteiger partial charge in [0.2, 0.25) is 0 Å². The maximum Gasteiger partial charge on any atom is 0.135 e. The van der Waals surface area contributed by atoms with Crippen molar-refractivity contribution in [2.75, 3.05) is 32.8 Å². The molecule has 0 bridgehead atoms. The molecule has 2 aromatic rings. The molecule has 1 aliphatic rings. The first-order valence-corrected chi connectivity index (χ1v) is 7.23. The molecule has 20 heavy (non-hydrogen) atoms. The average Bonchev–Trinajstić information content (AvgIpc) is 2.87. The topological polar surface area (TPSA) is 50.5 Å². The van der Waals surface area contributed by atoms with Gasteiger partial charge in [0.05, 0.1) is 24.2 Å². The smallest absolute Gasteiger partial charge is 0.135 e. The van der Waals surface area contributed by atoms with Crippen LogP contribution in [0.1, 0.15) is 12.2 Å². The first-order valence-electron chi connectivity index (χ1n) is 7.23. The van der Waals surface area contributed by atoms with Gasteiger partial charge in [0, 0.05) is 26.2 Å². The van der Waals surface area contributed by atoms with Crippen molar-refractivity contribution in [3.63, 3.8) is 0 Å². The maximum absolute atomic E-state index is 9.46. The lowest BCUT2D eigenvalue weighted by Crippen LogP contribution is -2.37. The fourth-order valence-corrected chi connectivity index (χ4v) is 2.77. The molecule has 0 atom stereocenters. The number of benzene rings is 1. The molecule has 0 spiro atoms. The second kappa shape index (κ2) is 6.35. The molecule has 1 aromatic carbocycles. The summed E-state index contributed by atoms with van der Waals surface area (Å²) in [7, 11) is 0. The van der Waals surface area contributed by atoms with Crippen LogP contribution in [0.4, 0.5) is 0 Å². The lowest BCUT2D eigenvalue weighted by atomic mass is 10.3. The van der Waals surface area contributed by atoms with Gasteiger partial charge in [-0.2, -0.15) is 0 Å². The molecule has 0 aliphatic carbocycles. The number of aromatic nitrogens is 2. The van der Waals surface area contributed by atoms with Gasteiger partial charge in [-0.05, 0) is 18.6 Å². The van der Waals surface area contributed by atoms with Crippen LogP contribution in [0, 0.1) is 0 Å². The molecule has 2 heterocycles. The minimum atomic E-state index is -0.00770. The van der Waals surface area contributed by atoms with Gasteiger partial charge in [-0.25, -0.2) is 4.98 Å². The molecule has 1 N–H and O–H groups in total. The predicted molar refractivity (Wildman–Crippen MR) is 77.5 cm³/mol. The third kappa shape index (κ3) is 2.85. The second-order valence-electron chi connectivity index (χ2n) is 5.13. The molecule has 108 valence electrons. The molecule has 0 unspecified atom stereocenters. The highest BCUT2D eigenvalue weighted by Crippen LogP contribution is 2.16. The van der Waals surface area contributed by atoms with E-state index in [0.29, 0.717) is 0 Å². The number of imidazole rings is 1. The van der Waals surface area contributed by atoms with Crippen LogP contribution in [-0.4, -0.2) is 52.4 Å². The maximum atomic E-state index is 9.46. The summed E-state index contributed by atoms with van der Waals surface area (Å²) in [5, 5.41) is 9.46. The number of para-hydroxylation sites is 2. The van der Waals surface area contributed by atoms with Crippen molar-refractivity contribution in [2.45, 2.75) is 19.6 Å². The van der Waals surface area contributed by atoms with Crippen molar-refractivity contribution in [3.05, 3.63) is 30.1 Å². The van der Waals surface area contributed by atoms with Gasteiger partial charge < -0.3 is 14.4 Å². The van der Waals surface area contributed by atoms with E-state index in [1.54, 1.807) is 0 Å². The standard InChI is InChI=1S/C15H21N3O2/c19-12-15-16-13-4-1-2-5-14(13)18(15)7-3-6-17-8-10-20-11-9-17/h1-2,4-5,19H,3,6-12H2. The van der Waals surface area contributed by atoms with Crippen LogP contribution in [-0.2, 0) is 17.9 Å². The molecule has 0 saturated carbocycles. The molecule has 0 radical (unpaired) electrons. The normalized spacial score (nSPS) is 16.9. The van der Waals surface area contributed by atoms with E-state index in [9.17, 15) is 5.11 Å². The molecular formula is C15H21N3O2. The molecule has 0 amide bonds. The third-order valence-corrected chi connectivity index (χ3v) is 3.83. The van der Waals surface area contributed by atoms with E-state index < -0.39 is 0 Å². The summed E-state index contributed by atoms with van der Waals surface area (Å²) in [4.78, 5) is 6.91. The summed E-state index contributed by atoms with van der Waals surface area (Å²) < 4.78 is 7.49. The van der Waals surface area contributed by atoms with E-state index in [1.807, 2.05) is 18.2 Å². The number of hydrogen-bond acceptors (Lipinski definition) is 4. The molecule has 1 aliphatic heterocycles. The second-order valence-corrected chi connectivity index (χ2v) is 5.13. The van der Waals surface area contributed by atoms with E-state index in [4.69, 9.17) is 4.74 Å². The zero-order valence-electron chi connectivity index (χ0n) is 11.7. The predicted octanol–water partition coefficient (Wildman–Crippen LogP) is 1.25. The number of aryl methyl sites for hydroxylation is 1. The fraction of sp³-hybridized carbons (Fsp3) is 0.533. The Kier molecular flexibility index (Phi) is 4.30. The molecular weight excluding hydrogens is 254 g/mol. The molecule has 1 saturated heterocycles. The monoisotopic (exact) mass is 275 g/mol. The van der Waals surface area contributed by atoms with Gasteiger partial charge in [-0.15, -0.1) is 0 Å². The number of fused-ring (bicyclic) bond motifs is 1. The van der Waals surface area contributed by atoms with Crippen LogP contribution in [0.3, 0.4) is 0 Å². The van der Waals surface area contributed by atoms with Crippen LogP contribution in [0.2, 0.25) is 0 Å². The van der Waals surface area contributed by atoms with Crippen LogP contribution in [0.25, 0.3) is 11.0 Å². The Balaban J connectivity index is 1.66. The number of aliphatic hydroxyl groups is 1. The Hall–Kier alpha value is -1.43. The summed E-state index contributed by atoms with van der Waals surface area (Å²) in [5.41, 5.74) is 2.07. The fourth-order valence-electron chi connectivity index (χ4n) is 2.77. The van der Waals surface area contributed by atoms with E-state index in [2.05, 4.69) is 20.5 Å². The minimum absolute atomic E-state index is 0.00770. The van der Waals surface area contributed by atoms with Gasteiger partial charge >= 0.3 is 0 Å². The van der Waals surface area contributed by atoms with Crippen LogP contribution in [0.15, 0.2) is 24.3 Å². The highest BCUT2D eigenvalue weighted by atomic mass is 16.5. The van der Waals surface area contributed by atoms with Crippen LogP contribution >= 0.6 is 0 Å². The Labute approximate surface area is 118 Å². The Bertz CT molecular complexity index is 561. The first kappa shape index (κ1) is 13.5. The lowest BCUT2D eigenvalue weighted by Gasteiger charge is -2.26. The van der Waals surface area contributed by atoms with Crippen molar-refractivity contribution in [1.82, 2.24) is 14.5 Å². The molecule has 5 heteroatoms. The number of nitrogens with zero attached hydrogens (tertiary/aromatic N) is 3. The summed E-state index contributed by atoms with van der Waals surface area (Å²) in [6.07, 6.45) is 1.06. The van der Waals surface area contributed by atoms with E-state index in [-0.39, 0.29) is 6.61 Å². The summed E-state index contributed by atoms with van der Waals surface area (Å²) >= 11 is 0. The number of aliphatic hydroxyl groups excluding tert-OH is 1. The summed E-state index contributed by atoms with van der Waals surface area (Å²) in [6, 6.07) is 8.06. The van der Waals surface area contributed by atoms with Crippen molar-refractivity contribution in [3.8, 4) is 0 Å². The highest BCUT2D eigenvalue weighted by molar-refractivity contribution is 5.75. The summed E-state index contributed by atoms with van der Waals surface area (Å²) in [6.45, 7) is 5.70. The lowest BCUT2D eigenvalue weighted by molar-refractivity contribution is 0.0369. The van der Waals surface area contributed by atoms with Crippen molar-refractivity contribution >= 4 is 11.0 Å². The number of morpholine rings is 1. The molecule has 3 rings (SSSR count).